The number of fused-ring (bicyclic) bond motifs is 3. The molecule has 0 radical (unpaired) electrons. The van der Waals surface area contributed by atoms with E-state index in [1.54, 1.807) is 20.0 Å². The van der Waals surface area contributed by atoms with Crippen LogP contribution >= 0.6 is 0 Å². The number of ether oxygens (including phenoxy) is 1. The molecule has 0 saturated carbocycles. The second kappa shape index (κ2) is 10.0. The third-order valence-corrected chi connectivity index (χ3v) is 7.44. The summed E-state index contributed by atoms with van der Waals surface area (Å²) in [6.45, 7) is 1.89. The SMILES string of the molecule is CC(C)(Oc1nccc2ccccc12)C(=O)NC12CCCC(CC1)N2c1ncccc1C(=O)NCC(F)(F)F. The van der Waals surface area contributed by atoms with Crippen LogP contribution in [0.25, 0.3) is 10.8 Å². The van der Waals surface area contributed by atoms with Crippen LogP contribution in [0.5, 0.6) is 5.88 Å². The number of rotatable bonds is 7. The molecule has 0 aliphatic carbocycles. The van der Waals surface area contributed by atoms with Crippen molar-refractivity contribution in [1.82, 2.24) is 20.6 Å². The van der Waals surface area contributed by atoms with Crippen LogP contribution in [0.3, 0.4) is 0 Å². The Labute approximate surface area is 223 Å². The first kappa shape index (κ1) is 26.7. The van der Waals surface area contributed by atoms with Crippen molar-refractivity contribution in [1.29, 1.82) is 0 Å². The summed E-state index contributed by atoms with van der Waals surface area (Å²) in [6.07, 6.45) is 2.19. The summed E-state index contributed by atoms with van der Waals surface area (Å²) in [7, 11) is 0. The number of piperidine rings is 1. The number of pyridine rings is 2. The molecule has 3 aromatic rings. The summed E-state index contributed by atoms with van der Waals surface area (Å²) in [5, 5.41) is 6.84. The molecule has 2 amide bonds. The standard InChI is InChI=1S/C28H30F3N5O3/c1-26(2,39-24-20-9-4-3-7-18(20)12-16-33-24)25(38)35-27-13-5-8-19(11-14-27)36(27)22-21(10-6-15-32-22)23(37)34-17-28(29,30)31/h3-4,6-7,9-10,12,15-16,19H,5,8,11,13-14,17H2,1-2H3,(H,34,37)(H,35,38). The largest absolute Gasteiger partial charge is 0.461 e. The molecular weight excluding hydrogens is 511 g/mol. The van der Waals surface area contributed by atoms with E-state index in [1.807, 2.05) is 40.5 Å². The minimum atomic E-state index is -4.54. The Bertz CT molecular complexity index is 1390. The fourth-order valence-corrected chi connectivity index (χ4v) is 5.58. The van der Waals surface area contributed by atoms with Crippen molar-refractivity contribution in [2.75, 3.05) is 11.4 Å². The van der Waals surface area contributed by atoms with Crippen molar-refractivity contribution >= 4 is 28.4 Å². The number of carbonyl (C=O) groups is 2. The van der Waals surface area contributed by atoms with E-state index in [0.717, 1.165) is 30.0 Å². The van der Waals surface area contributed by atoms with Crippen LogP contribution in [0.2, 0.25) is 0 Å². The van der Waals surface area contributed by atoms with Gasteiger partial charge in [-0.3, -0.25) is 9.59 Å². The van der Waals surface area contributed by atoms with E-state index in [9.17, 15) is 22.8 Å². The maximum atomic E-state index is 13.7. The molecule has 2 N–H and O–H groups in total. The Kier molecular flexibility index (Phi) is 6.86. The third kappa shape index (κ3) is 5.35. The Morgan fingerprint density at radius 3 is 2.64 bits per heavy atom. The van der Waals surface area contributed by atoms with Gasteiger partial charge < -0.3 is 20.3 Å². The number of carbonyl (C=O) groups excluding carboxylic acids is 2. The van der Waals surface area contributed by atoms with E-state index in [1.165, 1.54) is 18.3 Å². The van der Waals surface area contributed by atoms with Crippen molar-refractivity contribution in [3.05, 3.63) is 60.4 Å². The van der Waals surface area contributed by atoms with Gasteiger partial charge in [-0.2, -0.15) is 13.2 Å². The first-order chi connectivity index (χ1) is 18.5. The minimum Gasteiger partial charge on any atom is -0.461 e. The van der Waals surface area contributed by atoms with Gasteiger partial charge in [0.25, 0.3) is 11.8 Å². The highest BCUT2D eigenvalue weighted by molar-refractivity contribution is 5.99. The van der Waals surface area contributed by atoms with Gasteiger partial charge in [0.15, 0.2) is 5.60 Å². The molecule has 0 spiro atoms. The van der Waals surface area contributed by atoms with Gasteiger partial charge >= 0.3 is 6.18 Å². The molecule has 4 heterocycles. The number of halogens is 3. The summed E-state index contributed by atoms with van der Waals surface area (Å²) in [5.74, 6) is -0.644. The zero-order valence-corrected chi connectivity index (χ0v) is 21.7. The van der Waals surface area contributed by atoms with E-state index in [2.05, 4.69) is 15.3 Å². The van der Waals surface area contributed by atoms with Crippen LogP contribution < -0.4 is 20.3 Å². The van der Waals surface area contributed by atoms with Gasteiger partial charge in [0, 0.05) is 23.8 Å². The smallest absolute Gasteiger partial charge is 0.405 e. The number of alkyl halides is 3. The Hall–Kier alpha value is -3.89. The summed E-state index contributed by atoms with van der Waals surface area (Å²) in [5.41, 5.74) is -2.13. The van der Waals surface area contributed by atoms with Crippen LogP contribution in [-0.4, -0.2) is 51.8 Å². The summed E-state index contributed by atoms with van der Waals surface area (Å²) in [4.78, 5) is 37.2. The second-order valence-corrected chi connectivity index (χ2v) is 10.6. The molecule has 2 aliphatic heterocycles. The molecule has 2 atom stereocenters. The monoisotopic (exact) mass is 541 g/mol. The number of benzene rings is 1. The molecule has 5 rings (SSSR count). The Balaban J connectivity index is 1.42. The topological polar surface area (TPSA) is 96.4 Å². The van der Waals surface area contributed by atoms with Gasteiger partial charge in [-0.25, -0.2) is 9.97 Å². The second-order valence-electron chi connectivity index (χ2n) is 10.6. The lowest BCUT2D eigenvalue weighted by Gasteiger charge is -2.47. The quantitative estimate of drug-likeness (QED) is 0.449. The number of nitrogens with one attached hydrogen (secondary N) is 2. The number of hydrogen-bond acceptors (Lipinski definition) is 6. The fourth-order valence-electron chi connectivity index (χ4n) is 5.58. The molecule has 206 valence electrons. The zero-order valence-electron chi connectivity index (χ0n) is 21.7. The summed E-state index contributed by atoms with van der Waals surface area (Å²) in [6, 6.07) is 12.4. The fraction of sp³-hybridized carbons (Fsp3) is 0.429. The molecule has 2 saturated heterocycles. The van der Waals surface area contributed by atoms with Crippen LogP contribution in [0.15, 0.2) is 54.9 Å². The van der Waals surface area contributed by atoms with E-state index < -0.39 is 29.9 Å². The molecule has 2 fully saturated rings. The number of amides is 2. The lowest BCUT2D eigenvalue weighted by atomic mass is 9.94. The lowest BCUT2D eigenvalue weighted by molar-refractivity contribution is -0.136. The van der Waals surface area contributed by atoms with Gasteiger partial charge in [0.1, 0.15) is 18.0 Å². The molecule has 2 unspecified atom stereocenters. The van der Waals surface area contributed by atoms with E-state index in [0.29, 0.717) is 18.7 Å². The highest BCUT2D eigenvalue weighted by Gasteiger charge is 2.52. The lowest BCUT2D eigenvalue weighted by Crippen LogP contribution is -2.65. The molecule has 2 aromatic heterocycles. The van der Waals surface area contributed by atoms with Crippen LogP contribution in [0.1, 0.15) is 56.3 Å². The number of aromatic nitrogens is 2. The van der Waals surface area contributed by atoms with Gasteiger partial charge in [-0.15, -0.1) is 0 Å². The first-order valence-electron chi connectivity index (χ1n) is 12.9. The van der Waals surface area contributed by atoms with Crippen LogP contribution in [0, 0.1) is 0 Å². The number of hydrogen-bond donors (Lipinski definition) is 2. The normalized spacial score (nSPS) is 21.1. The van der Waals surface area contributed by atoms with E-state index in [4.69, 9.17) is 4.74 Å². The van der Waals surface area contributed by atoms with Gasteiger partial charge in [-0.1, -0.05) is 18.2 Å². The first-order valence-corrected chi connectivity index (χ1v) is 12.9. The Morgan fingerprint density at radius 1 is 1.05 bits per heavy atom. The average Bonchev–Trinajstić information content (AvgIpc) is 3.11. The van der Waals surface area contributed by atoms with Crippen molar-refractivity contribution in [2.24, 2.45) is 0 Å². The van der Waals surface area contributed by atoms with E-state index >= 15 is 0 Å². The van der Waals surface area contributed by atoms with Crippen molar-refractivity contribution in [2.45, 2.75) is 69.4 Å². The van der Waals surface area contributed by atoms with E-state index in [-0.39, 0.29) is 23.3 Å². The predicted molar refractivity (Wildman–Crippen MR) is 139 cm³/mol. The van der Waals surface area contributed by atoms with Crippen LogP contribution in [0.4, 0.5) is 19.0 Å². The average molecular weight is 542 g/mol. The summed E-state index contributed by atoms with van der Waals surface area (Å²) < 4.78 is 44.5. The molecule has 8 nitrogen and oxygen atoms in total. The molecule has 2 bridgehead atoms. The molecule has 1 aromatic carbocycles. The highest BCUT2D eigenvalue weighted by Crippen LogP contribution is 2.46. The van der Waals surface area contributed by atoms with Crippen molar-refractivity contribution in [3.63, 3.8) is 0 Å². The maximum absolute atomic E-state index is 13.7. The van der Waals surface area contributed by atoms with Crippen molar-refractivity contribution < 1.29 is 27.5 Å². The molecular formula is C28H30F3N5O3. The van der Waals surface area contributed by atoms with Gasteiger partial charge in [0.2, 0.25) is 5.88 Å². The minimum absolute atomic E-state index is 0.0214. The summed E-state index contributed by atoms with van der Waals surface area (Å²) >= 11 is 0. The van der Waals surface area contributed by atoms with Crippen molar-refractivity contribution in [3.8, 4) is 5.88 Å². The van der Waals surface area contributed by atoms with Gasteiger partial charge in [-0.05, 0) is 75.6 Å². The van der Waals surface area contributed by atoms with Crippen LogP contribution in [-0.2, 0) is 4.79 Å². The molecule has 2 aliphatic rings. The molecule has 11 heteroatoms. The Morgan fingerprint density at radius 2 is 1.85 bits per heavy atom. The zero-order chi connectivity index (χ0) is 27.8. The highest BCUT2D eigenvalue weighted by atomic mass is 19.4. The maximum Gasteiger partial charge on any atom is 0.405 e. The third-order valence-electron chi connectivity index (χ3n) is 7.44. The van der Waals surface area contributed by atoms with Gasteiger partial charge in [0.05, 0.1) is 5.56 Å². The molecule has 39 heavy (non-hydrogen) atoms. The predicted octanol–water partition coefficient (Wildman–Crippen LogP) is 4.74. The number of anilines is 1. The number of nitrogens with zero attached hydrogens (tertiary/aromatic N) is 3.